The lowest BCUT2D eigenvalue weighted by atomic mass is 10.2. The summed E-state index contributed by atoms with van der Waals surface area (Å²) in [5, 5.41) is 12.6. The molecule has 22 heavy (non-hydrogen) atoms. The van der Waals surface area contributed by atoms with Gasteiger partial charge in [-0.15, -0.1) is 0 Å². The first kappa shape index (κ1) is 16.7. The Morgan fingerprint density at radius 2 is 1.95 bits per heavy atom. The van der Waals surface area contributed by atoms with Gasteiger partial charge < -0.3 is 20.1 Å². The predicted molar refractivity (Wildman–Crippen MR) is 84.6 cm³/mol. The number of piperazine rings is 1. The second-order valence-electron chi connectivity index (χ2n) is 5.70. The average molecular weight is 307 g/mol. The number of carbonyl (C=O) groups excluding carboxylic acids is 1. The van der Waals surface area contributed by atoms with Gasteiger partial charge in [-0.05, 0) is 12.6 Å². The first-order chi connectivity index (χ1) is 10.6. The van der Waals surface area contributed by atoms with Crippen molar-refractivity contribution in [2.75, 3.05) is 46.3 Å². The topological polar surface area (TPSA) is 65.0 Å². The van der Waals surface area contributed by atoms with Crippen molar-refractivity contribution in [1.29, 1.82) is 0 Å². The number of benzene rings is 1. The van der Waals surface area contributed by atoms with Crippen molar-refractivity contribution in [1.82, 2.24) is 15.1 Å². The molecule has 1 aliphatic heterocycles. The van der Waals surface area contributed by atoms with E-state index in [-0.39, 0.29) is 13.2 Å². The van der Waals surface area contributed by atoms with E-state index in [1.54, 1.807) is 0 Å². The molecule has 2 rings (SSSR count). The zero-order valence-electron chi connectivity index (χ0n) is 13.1. The van der Waals surface area contributed by atoms with Gasteiger partial charge in [0.25, 0.3) is 0 Å². The van der Waals surface area contributed by atoms with Crippen molar-refractivity contribution >= 4 is 6.09 Å². The highest BCUT2D eigenvalue weighted by Crippen LogP contribution is 2.02. The van der Waals surface area contributed by atoms with Crippen LogP contribution in [0, 0.1) is 0 Å². The SMILES string of the molecule is CN1CCN(CC(O)CNC(=O)OCc2ccccc2)CC1. The molecule has 2 N–H and O–H groups in total. The summed E-state index contributed by atoms with van der Waals surface area (Å²) in [6.07, 6.45) is -1.08. The van der Waals surface area contributed by atoms with E-state index in [0.29, 0.717) is 6.54 Å². The number of alkyl carbamates (subject to hydrolysis) is 1. The fourth-order valence-electron chi connectivity index (χ4n) is 2.37. The molecule has 1 atom stereocenters. The normalized spacial score (nSPS) is 17.9. The molecular weight excluding hydrogens is 282 g/mol. The van der Waals surface area contributed by atoms with Gasteiger partial charge in [0.05, 0.1) is 6.10 Å². The van der Waals surface area contributed by atoms with Crippen molar-refractivity contribution in [2.24, 2.45) is 0 Å². The fraction of sp³-hybridized carbons (Fsp3) is 0.562. The van der Waals surface area contributed by atoms with Crippen LogP contribution in [0.5, 0.6) is 0 Å². The molecule has 1 amide bonds. The second-order valence-corrected chi connectivity index (χ2v) is 5.70. The third kappa shape index (κ3) is 6.01. The number of carbonyl (C=O) groups is 1. The molecule has 0 radical (unpaired) electrons. The van der Waals surface area contributed by atoms with E-state index in [9.17, 15) is 9.90 Å². The average Bonchev–Trinajstić information content (AvgIpc) is 2.54. The molecule has 1 aromatic carbocycles. The number of aliphatic hydroxyl groups is 1. The molecule has 1 aromatic rings. The molecule has 1 aliphatic rings. The number of likely N-dealkylation sites (N-methyl/N-ethyl adjacent to an activating group) is 1. The Kier molecular flexibility index (Phi) is 6.64. The van der Waals surface area contributed by atoms with Crippen LogP contribution in [-0.2, 0) is 11.3 Å². The van der Waals surface area contributed by atoms with Crippen molar-refractivity contribution in [2.45, 2.75) is 12.7 Å². The van der Waals surface area contributed by atoms with Crippen LogP contribution in [0.25, 0.3) is 0 Å². The Labute approximate surface area is 131 Å². The van der Waals surface area contributed by atoms with Crippen LogP contribution in [0.2, 0.25) is 0 Å². The Morgan fingerprint density at radius 1 is 1.27 bits per heavy atom. The maximum absolute atomic E-state index is 11.6. The second kappa shape index (κ2) is 8.73. The summed E-state index contributed by atoms with van der Waals surface area (Å²) in [7, 11) is 2.10. The number of rotatable bonds is 6. The molecule has 1 unspecified atom stereocenters. The fourth-order valence-corrected chi connectivity index (χ4v) is 2.37. The van der Waals surface area contributed by atoms with Gasteiger partial charge in [0.1, 0.15) is 6.61 Å². The first-order valence-electron chi connectivity index (χ1n) is 7.67. The number of nitrogens with one attached hydrogen (secondary N) is 1. The van der Waals surface area contributed by atoms with E-state index in [1.165, 1.54) is 0 Å². The van der Waals surface area contributed by atoms with Crippen LogP contribution in [0.3, 0.4) is 0 Å². The highest BCUT2D eigenvalue weighted by Gasteiger charge is 2.17. The Balaban J connectivity index is 1.59. The van der Waals surface area contributed by atoms with Crippen LogP contribution in [-0.4, -0.2) is 73.4 Å². The quantitative estimate of drug-likeness (QED) is 0.802. The van der Waals surface area contributed by atoms with E-state index in [0.717, 1.165) is 31.7 Å². The summed E-state index contributed by atoms with van der Waals surface area (Å²) in [6.45, 7) is 4.95. The number of hydrogen-bond donors (Lipinski definition) is 2. The van der Waals surface area contributed by atoms with Gasteiger partial charge in [-0.25, -0.2) is 4.79 Å². The maximum atomic E-state index is 11.6. The zero-order chi connectivity index (χ0) is 15.8. The number of β-amino-alcohol motifs (C(OH)–C–C–N with tert-alkyl or cyclic N) is 1. The highest BCUT2D eigenvalue weighted by atomic mass is 16.5. The predicted octanol–water partition coefficient (Wildman–Crippen LogP) is 0.521. The molecule has 0 aromatic heterocycles. The minimum atomic E-state index is -0.576. The van der Waals surface area contributed by atoms with Crippen LogP contribution < -0.4 is 5.32 Å². The third-order valence-electron chi connectivity index (χ3n) is 3.76. The lowest BCUT2D eigenvalue weighted by molar-refractivity contribution is 0.0766. The number of nitrogens with zero attached hydrogens (tertiary/aromatic N) is 2. The van der Waals surface area contributed by atoms with E-state index >= 15 is 0 Å². The Bertz CT molecular complexity index is 447. The molecule has 0 bridgehead atoms. The molecule has 0 spiro atoms. The first-order valence-corrected chi connectivity index (χ1v) is 7.67. The van der Waals surface area contributed by atoms with Gasteiger partial charge >= 0.3 is 6.09 Å². The molecule has 122 valence electrons. The van der Waals surface area contributed by atoms with Crippen molar-refractivity contribution in [3.8, 4) is 0 Å². The van der Waals surface area contributed by atoms with Gasteiger partial charge in [0.15, 0.2) is 0 Å². The Hall–Kier alpha value is -1.63. The zero-order valence-corrected chi connectivity index (χ0v) is 13.1. The van der Waals surface area contributed by atoms with Crippen LogP contribution in [0.15, 0.2) is 30.3 Å². The number of hydrogen-bond acceptors (Lipinski definition) is 5. The van der Waals surface area contributed by atoms with Gasteiger partial charge in [0, 0.05) is 39.3 Å². The van der Waals surface area contributed by atoms with E-state index in [4.69, 9.17) is 4.74 Å². The molecule has 1 heterocycles. The van der Waals surface area contributed by atoms with Gasteiger partial charge in [-0.2, -0.15) is 0 Å². The number of ether oxygens (including phenoxy) is 1. The summed E-state index contributed by atoms with van der Waals surface area (Å²) in [5.74, 6) is 0. The van der Waals surface area contributed by atoms with Crippen LogP contribution in [0.4, 0.5) is 4.79 Å². The molecule has 0 aliphatic carbocycles. The van der Waals surface area contributed by atoms with E-state index < -0.39 is 12.2 Å². The van der Waals surface area contributed by atoms with Crippen LogP contribution >= 0.6 is 0 Å². The summed E-state index contributed by atoms with van der Waals surface area (Å²) in [4.78, 5) is 16.1. The maximum Gasteiger partial charge on any atom is 0.407 e. The molecule has 1 fully saturated rings. The summed E-state index contributed by atoms with van der Waals surface area (Å²) in [5.41, 5.74) is 0.940. The number of amides is 1. The van der Waals surface area contributed by atoms with Crippen molar-refractivity contribution in [3.63, 3.8) is 0 Å². The minimum absolute atomic E-state index is 0.208. The van der Waals surface area contributed by atoms with E-state index in [1.807, 2.05) is 30.3 Å². The van der Waals surface area contributed by atoms with Gasteiger partial charge in [-0.1, -0.05) is 30.3 Å². The summed E-state index contributed by atoms with van der Waals surface area (Å²) < 4.78 is 5.10. The Morgan fingerprint density at radius 3 is 2.64 bits per heavy atom. The summed E-state index contributed by atoms with van der Waals surface area (Å²) >= 11 is 0. The van der Waals surface area contributed by atoms with Gasteiger partial charge in [0.2, 0.25) is 0 Å². The lowest BCUT2D eigenvalue weighted by Crippen LogP contribution is -2.48. The number of aliphatic hydroxyl groups excluding tert-OH is 1. The largest absolute Gasteiger partial charge is 0.445 e. The standard InChI is InChI=1S/C16H25N3O3/c1-18-7-9-19(10-8-18)12-15(20)11-17-16(21)22-13-14-5-3-2-4-6-14/h2-6,15,20H,7-13H2,1H3,(H,17,21). The minimum Gasteiger partial charge on any atom is -0.445 e. The molecule has 1 saturated heterocycles. The van der Waals surface area contributed by atoms with Crippen molar-refractivity contribution in [3.05, 3.63) is 35.9 Å². The van der Waals surface area contributed by atoms with E-state index in [2.05, 4.69) is 22.2 Å². The van der Waals surface area contributed by atoms with Crippen LogP contribution in [0.1, 0.15) is 5.56 Å². The monoisotopic (exact) mass is 307 g/mol. The highest BCUT2D eigenvalue weighted by molar-refractivity contribution is 5.67. The van der Waals surface area contributed by atoms with Gasteiger partial charge in [-0.3, -0.25) is 4.90 Å². The lowest BCUT2D eigenvalue weighted by Gasteiger charge is -2.33. The smallest absolute Gasteiger partial charge is 0.407 e. The molecular formula is C16H25N3O3. The van der Waals surface area contributed by atoms with Crippen molar-refractivity contribution < 1.29 is 14.6 Å². The molecule has 0 saturated carbocycles. The third-order valence-corrected chi connectivity index (χ3v) is 3.76. The summed E-state index contributed by atoms with van der Waals surface area (Å²) in [6, 6.07) is 9.51. The molecule has 6 nitrogen and oxygen atoms in total. The molecule has 6 heteroatoms.